The van der Waals surface area contributed by atoms with Gasteiger partial charge in [0, 0.05) is 29.7 Å². The lowest BCUT2D eigenvalue weighted by atomic mass is 9.91. The monoisotopic (exact) mass is 509 g/mol. The molecule has 0 radical (unpaired) electrons. The van der Waals surface area contributed by atoms with Gasteiger partial charge in [0.2, 0.25) is 0 Å². The molecular weight excluding hydrogens is 489 g/mol. The highest BCUT2D eigenvalue weighted by molar-refractivity contribution is 5.94. The van der Waals surface area contributed by atoms with Gasteiger partial charge in [0.1, 0.15) is 18.2 Å². The van der Waals surface area contributed by atoms with Crippen LogP contribution in [0.4, 0.5) is 27.7 Å². The maximum Gasteiger partial charge on any atom is 0.416 e. The first-order valence-electron chi connectivity index (χ1n) is 11.5. The first kappa shape index (κ1) is 24.6. The van der Waals surface area contributed by atoms with E-state index in [1.54, 1.807) is 30.3 Å². The number of alkyl halides is 3. The number of aromatic nitrogens is 2. The van der Waals surface area contributed by atoms with E-state index < -0.39 is 23.6 Å². The molecule has 37 heavy (non-hydrogen) atoms. The topological polar surface area (TPSA) is 64.8 Å². The SMILES string of the molecule is N#Cc1ccc(-c2ncnc3ccc(N[C@H](c4ccc(C(F)(F)F)cc4)[C@H]4CCN(F)C4)cc23)cc1F. The molecule has 1 saturated heterocycles. The molecule has 10 heteroatoms. The second kappa shape index (κ2) is 9.75. The summed E-state index contributed by atoms with van der Waals surface area (Å²) >= 11 is 0. The quantitative estimate of drug-likeness (QED) is 0.240. The van der Waals surface area contributed by atoms with Crippen molar-refractivity contribution in [3.05, 3.63) is 89.5 Å². The van der Waals surface area contributed by atoms with Gasteiger partial charge in [-0.05, 0) is 60.4 Å². The largest absolute Gasteiger partial charge is 0.416 e. The van der Waals surface area contributed by atoms with E-state index in [4.69, 9.17) is 5.26 Å². The minimum Gasteiger partial charge on any atom is -0.378 e. The second-order valence-electron chi connectivity index (χ2n) is 8.92. The Morgan fingerprint density at radius 2 is 1.81 bits per heavy atom. The fraction of sp³-hybridized carbons (Fsp3) is 0.222. The highest BCUT2D eigenvalue weighted by Gasteiger charge is 2.33. The van der Waals surface area contributed by atoms with Crippen molar-refractivity contribution in [2.75, 3.05) is 18.4 Å². The third kappa shape index (κ3) is 5.08. The van der Waals surface area contributed by atoms with Crippen molar-refractivity contribution in [1.82, 2.24) is 15.1 Å². The van der Waals surface area contributed by atoms with E-state index in [-0.39, 0.29) is 24.6 Å². The number of hydrogen-bond donors (Lipinski definition) is 1. The van der Waals surface area contributed by atoms with Crippen molar-refractivity contribution in [1.29, 1.82) is 5.26 Å². The lowest BCUT2D eigenvalue weighted by Gasteiger charge is -2.26. The predicted octanol–water partition coefficient (Wildman–Crippen LogP) is 6.69. The summed E-state index contributed by atoms with van der Waals surface area (Å²) in [4.78, 5) is 8.60. The van der Waals surface area contributed by atoms with Crippen LogP contribution in [0.1, 0.15) is 29.2 Å². The van der Waals surface area contributed by atoms with Gasteiger partial charge < -0.3 is 5.32 Å². The van der Waals surface area contributed by atoms with Crippen LogP contribution in [0.3, 0.4) is 0 Å². The molecule has 0 unspecified atom stereocenters. The van der Waals surface area contributed by atoms with Gasteiger partial charge in [-0.1, -0.05) is 18.2 Å². The van der Waals surface area contributed by atoms with Gasteiger partial charge in [-0.2, -0.15) is 18.4 Å². The first-order valence-corrected chi connectivity index (χ1v) is 11.5. The Labute approximate surface area is 209 Å². The van der Waals surface area contributed by atoms with Gasteiger partial charge in [-0.15, -0.1) is 9.60 Å². The molecule has 1 N–H and O–H groups in total. The molecule has 1 aliphatic heterocycles. The van der Waals surface area contributed by atoms with Crippen molar-refractivity contribution in [2.24, 2.45) is 5.92 Å². The highest BCUT2D eigenvalue weighted by Crippen LogP contribution is 2.37. The Kier molecular flexibility index (Phi) is 6.48. The third-order valence-corrected chi connectivity index (χ3v) is 6.56. The van der Waals surface area contributed by atoms with Crippen LogP contribution in [0.5, 0.6) is 0 Å². The number of anilines is 1. The van der Waals surface area contributed by atoms with Crippen LogP contribution in [0.2, 0.25) is 0 Å². The van der Waals surface area contributed by atoms with Crippen LogP contribution >= 0.6 is 0 Å². The molecule has 1 aliphatic rings. The Bertz CT molecular complexity index is 1480. The zero-order valence-corrected chi connectivity index (χ0v) is 19.3. The molecule has 5 rings (SSSR count). The summed E-state index contributed by atoms with van der Waals surface area (Å²) < 4.78 is 67.5. The highest BCUT2D eigenvalue weighted by atomic mass is 19.4. The number of halogens is 5. The van der Waals surface area contributed by atoms with E-state index in [1.807, 2.05) is 0 Å². The number of fused-ring (bicyclic) bond motifs is 1. The minimum atomic E-state index is -4.45. The molecule has 0 amide bonds. The van der Waals surface area contributed by atoms with E-state index >= 15 is 0 Å². The number of hydrogen-bond acceptors (Lipinski definition) is 5. The molecule has 0 spiro atoms. The van der Waals surface area contributed by atoms with E-state index in [1.165, 1.54) is 30.6 Å². The van der Waals surface area contributed by atoms with Crippen LogP contribution in [-0.2, 0) is 6.18 Å². The summed E-state index contributed by atoms with van der Waals surface area (Å²) in [6, 6.07) is 15.7. The minimum absolute atomic E-state index is 0.0812. The summed E-state index contributed by atoms with van der Waals surface area (Å²) in [5, 5.41) is 13.7. The number of nitrogens with zero attached hydrogens (tertiary/aromatic N) is 4. The third-order valence-electron chi connectivity index (χ3n) is 6.56. The van der Waals surface area contributed by atoms with E-state index in [2.05, 4.69) is 15.3 Å². The van der Waals surface area contributed by atoms with Crippen LogP contribution in [-0.4, -0.2) is 28.2 Å². The smallest absolute Gasteiger partial charge is 0.378 e. The molecule has 1 aromatic heterocycles. The van der Waals surface area contributed by atoms with Crippen molar-refractivity contribution < 1.29 is 22.0 Å². The van der Waals surface area contributed by atoms with Crippen molar-refractivity contribution >= 4 is 16.6 Å². The average molecular weight is 509 g/mol. The molecule has 2 heterocycles. The summed E-state index contributed by atoms with van der Waals surface area (Å²) in [5.41, 5.74) is 1.91. The maximum absolute atomic E-state index is 14.3. The number of rotatable bonds is 5. The lowest BCUT2D eigenvalue weighted by molar-refractivity contribution is -0.137. The molecule has 4 aromatic rings. The number of benzene rings is 3. The summed E-state index contributed by atoms with van der Waals surface area (Å²) in [6.45, 7) is 0.384. The van der Waals surface area contributed by atoms with Crippen LogP contribution < -0.4 is 5.32 Å². The van der Waals surface area contributed by atoms with E-state index in [9.17, 15) is 22.0 Å². The molecule has 2 atom stereocenters. The van der Waals surface area contributed by atoms with Crippen LogP contribution in [0.25, 0.3) is 22.2 Å². The average Bonchev–Trinajstić information content (AvgIpc) is 3.32. The maximum atomic E-state index is 14.3. The molecule has 0 saturated carbocycles. The van der Waals surface area contributed by atoms with Gasteiger partial charge in [0.25, 0.3) is 0 Å². The van der Waals surface area contributed by atoms with Gasteiger partial charge in [-0.25, -0.2) is 14.4 Å². The molecular formula is C27H20F5N5. The standard InChI is InChI=1S/C27H20F5N5/c28-23-11-17(1-2-18(23)13-33)26-22-12-21(7-8-24(22)34-15-35-26)36-25(19-9-10-37(32)14-19)16-3-5-20(6-4-16)27(29,30)31/h1-8,11-12,15,19,25,36H,9-10,14H2/t19-,25+/m0/s1. The first-order chi connectivity index (χ1) is 17.7. The van der Waals surface area contributed by atoms with Gasteiger partial charge in [-0.3, -0.25) is 0 Å². The summed E-state index contributed by atoms with van der Waals surface area (Å²) in [6.07, 6.45) is -2.56. The molecule has 188 valence electrons. The van der Waals surface area contributed by atoms with Gasteiger partial charge in [0.15, 0.2) is 0 Å². The Hall–Kier alpha value is -4.10. The van der Waals surface area contributed by atoms with Gasteiger partial charge in [0.05, 0.1) is 28.4 Å². The Morgan fingerprint density at radius 3 is 2.46 bits per heavy atom. The van der Waals surface area contributed by atoms with Crippen LogP contribution in [0.15, 0.2) is 67.0 Å². The molecule has 0 bridgehead atoms. The van der Waals surface area contributed by atoms with Crippen molar-refractivity contribution in [2.45, 2.75) is 18.6 Å². The zero-order valence-electron chi connectivity index (χ0n) is 19.3. The fourth-order valence-electron chi connectivity index (χ4n) is 4.68. The lowest BCUT2D eigenvalue weighted by Crippen LogP contribution is -2.23. The molecule has 3 aromatic carbocycles. The molecule has 0 aliphatic carbocycles. The normalized spacial score (nSPS) is 17.0. The van der Waals surface area contributed by atoms with Gasteiger partial charge >= 0.3 is 6.18 Å². The Balaban J connectivity index is 1.52. The van der Waals surface area contributed by atoms with Crippen molar-refractivity contribution in [3.8, 4) is 17.3 Å². The fourth-order valence-corrected chi connectivity index (χ4v) is 4.68. The number of nitrogens with one attached hydrogen (secondary N) is 1. The van der Waals surface area contributed by atoms with Crippen LogP contribution in [0, 0.1) is 23.1 Å². The molecule has 5 nitrogen and oxygen atoms in total. The van der Waals surface area contributed by atoms with E-state index in [0.717, 1.165) is 12.1 Å². The Morgan fingerprint density at radius 1 is 1.03 bits per heavy atom. The molecule has 1 fully saturated rings. The second-order valence-corrected chi connectivity index (χ2v) is 8.92. The summed E-state index contributed by atoms with van der Waals surface area (Å²) in [5.74, 6) is -0.850. The summed E-state index contributed by atoms with van der Waals surface area (Å²) in [7, 11) is 0. The van der Waals surface area contributed by atoms with E-state index in [0.29, 0.717) is 45.0 Å². The predicted molar refractivity (Wildman–Crippen MR) is 128 cm³/mol. The van der Waals surface area contributed by atoms with Crippen molar-refractivity contribution in [3.63, 3.8) is 0 Å². The zero-order chi connectivity index (χ0) is 26.2. The number of nitriles is 1.